The molecule has 0 spiro atoms. The number of esters is 1. The second-order valence-corrected chi connectivity index (χ2v) is 3.09. The summed E-state index contributed by atoms with van der Waals surface area (Å²) in [6.07, 6.45) is 3.81. The second kappa shape index (κ2) is 5.10. The molecule has 0 amide bonds. The Morgan fingerprint density at radius 3 is 2.67 bits per heavy atom. The standard InChI is InChI=1S/C12H12O3/c1-9-7-10(8-13)3-4-11(9)5-6-12(14)15-2/h3-8H,1-2H3/b6-5+. The summed E-state index contributed by atoms with van der Waals surface area (Å²) in [5.41, 5.74) is 2.47. The minimum atomic E-state index is -0.395. The maximum absolute atomic E-state index is 10.9. The Bertz CT molecular complexity index is 405. The molecular weight excluding hydrogens is 192 g/mol. The topological polar surface area (TPSA) is 43.4 Å². The first-order valence-electron chi connectivity index (χ1n) is 4.49. The van der Waals surface area contributed by atoms with Crippen LogP contribution >= 0.6 is 0 Å². The fourth-order valence-corrected chi connectivity index (χ4v) is 1.19. The number of carbonyl (C=O) groups excluding carboxylic acids is 2. The van der Waals surface area contributed by atoms with Crippen molar-refractivity contribution in [2.75, 3.05) is 7.11 Å². The number of aldehydes is 1. The molecule has 0 saturated carbocycles. The molecule has 0 radical (unpaired) electrons. The number of hydrogen-bond acceptors (Lipinski definition) is 3. The number of ether oxygens (including phenoxy) is 1. The Labute approximate surface area is 88.4 Å². The third-order valence-corrected chi connectivity index (χ3v) is 2.03. The first-order chi connectivity index (χ1) is 7.17. The van der Waals surface area contributed by atoms with Crippen LogP contribution in [0, 0.1) is 6.92 Å². The number of methoxy groups -OCH3 is 1. The van der Waals surface area contributed by atoms with Gasteiger partial charge < -0.3 is 4.74 Å². The van der Waals surface area contributed by atoms with Crippen molar-refractivity contribution in [1.82, 2.24) is 0 Å². The molecule has 1 rings (SSSR count). The van der Waals surface area contributed by atoms with Gasteiger partial charge in [-0.05, 0) is 30.2 Å². The number of rotatable bonds is 3. The molecule has 0 atom stereocenters. The molecule has 0 aromatic heterocycles. The lowest BCUT2D eigenvalue weighted by molar-refractivity contribution is -0.134. The molecule has 3 nitrogen and oxygen atoms in total. The number of carbonyl (C=O) groups is 2. The Kier molecular flexibility index (Phi) is 3.80. The van der Waals surface area contributed by atoms with Gasteiger partial charge in [0.15, 0.2) is 0 Å². The molecule has 1 aromatic carbocycles. The van der Waals surface area contributed by atoms with Crippen molar-refractivity contribution in [1.29, 1.82) is 0 Å². The summed E-state index contributed by atoms with van der Waals surface area (Å²) >= 11 is 0. The predicted molar refractivity (Wildman–Crippen MR) is 57.6 cm³/mol. The van der Waals surface area contributed by atoms with Crippen LogP contribution in [0.15, 0.2) is 24.3 Å². The summed E-state index contributed by atoms with van der Waals surface area (Å²) in [6.45, 7) is 1.88. The Morgan fingerprint density at radius 1 is 1.40 bits per heavy atom. The third kappa shape index (κ3) is 3.06. The highest BCUT2D eigenvalue weighted by atomic mass is 16.5. The summed E-state index contributed by atoms with van der Waals surface area (Å²) in [5.74, 6) is -0.395. The molecule has 0 fully saturated rings. The summed E-state index contributed by atoms with van der Waals surface area (Å²) in [4.78, 5) is 21.3. The van der Waals surface area contributed by atoms with Gasteiger partial charge in [-0.1, -0.05) is 12.1 Å². The van der Waals surface area contributed by atoms with E-state index >= 15 is 0 Å². The van der Waals surface area contributed by atoms with E-state index in [0.29, 0.717) is 5.56 Å². The lowest BCUT2D eigenvalue weighted by atomic mass is 10.1. The first kappa shape index (κ1) is 11.2. The molecule has 0 aliphatic carbocycles. The van der Waals surface area contributed by atoms with E-state index in [1.807, 2.05) is 6.92 Å². The maximum atomic E-state index is 10.9. The summed E-state index contributed by atoms with van der Waals surface area (Å²) in [5, 5.41) is 0. The fraction of sp³-hybridized carbons (Fsp3) is 0.167. The van der Waals surface area contributed by atoms with Crippen LogP contribution in [0.4, 0.5) is 0 Å². The summed E-state index contributed by atoms with van der Waals surface area (Å²) in [6, 6.07) is 5.26. The van der Waals surface area contributed by atoms with E-state index in [2.05, 4.69) is 4.74 Å². The van der Waals surface area contributed by atoms with Crippen molar-refractivity contribution in [3.8, 4) is 0 Å². The van der Waals surface area contributed by atoms with Crippen molar-refractivity contribution in [3.05, 3.63) is 41.0 Å². The van der Waals surface area contributed by atoms with Crippen LogP contribution < -0.4 is 0 Å². The molecule has 0 aliphatic rings. The molecule has 3 heteroatoms. The monoisotopic (exact) mass is 204 g/mol. The van der Waals surface area contributed by atoms with Gasteiger partial charge in [0.25, 0.3) is 0 Å². The Balaban J connectivity index is 2.91. The Morgan fingerprint density at radius 2 is 2.13 bits per heavy atom. The van der Waals surface area contributed by atoms with Crippen LogP contribution in [0.2, 0.25) is 0 Å². The van der Waals surface area contributed by atoms with Gasteiger partial charge in [-0.2, -0.15) is 0 Å². The van der Waals surface area contributed by atoms with E-state index in [1.54, 1.807) is 24.3 Å². The SMILES string of the molecule is COC(=O)/C=C/c1ccc(C=O)cc1C. The predicted octanol–water partition coefficient (Wildman–Crippen LogP) is 1.99. The van der Waals surface area contributed by atoms with Crippen molar-refractivity contribution < 1.29 is 14.3 Å². The highest BCUT2D eigenvalue weighted by Crippen LogP contribution is 2.11. The highest BCUT2D eigenvalue weighted by Gasteiger charge is 1.97. The van der Waals surface area contributed by atoms with Gasteiger partial charge >= 0.3 is 5.97 Å². The van der Waals surface area contributed by atoms with Crippen molar-refractivity contribution in [2.45, 2.75) is 6.92 Å². The van der Waals surface area contributed by atoms with Gasteiger partial charge in [0.2, 0.25) is 0 Å². The van der Waals surface area contributed by atoms with E-state index in [0.717, 1.165) is 17.4 Å². The second-order valence-electron chi connectivity index (χ2n) is 3.09. The van der Waals surface area contributed by atoms with Crippen LogP contribution in [-0.2, 0) is 9.53 Å². The van der Waals surface area contributed by atoms with Crippen LogP contribution in [-0.4, -0.2) is 19.4 Å². The molecule has 1 aromatic rings. The average molecular weight is 204 g/mol. The zero-order valence-electron chi connectivity index (χ0n) is 8.69. The van der Waals surface area contributed by atoms with Crippen LogP contribution in [0.1, 0.15) is 21.5 Å². The van der Waals surface area contributed by atoms with Gasteiger partial charge in [-0.25, -0.2) is 4.79 Å². The molecule has 15 heavy (non-hydrogen) atoms. The molecule has 0 aliphatic heterocycles. The van der Waals surface area contributed by atoms with Gasteiger partial charge in [-0.15, -0.1) is 0 Å². The van der Waals surface area contributed by atoms with Crippen LogP contribution in [0.5, 0.6) is 0 Å². The third-order valence-electron chi connectivity index (χ3n) is 2.03. The van der Waals surface area contributed by atoms with E-state index in [9.17, 15) is 9.59 Å². The number of benzene rings is 1. The van der Waals surface area contributed by atoms with Crippen molar-refractivity contribution in [2.24, 2.45) is 0 Å². The lowest BCUT2D eigenvalue weighted by Crippen LogP contribution is -1.94. The zero-order chi connectivity index (χ0) is 11.3. The smallest absolute Gasteiger partial charge is 0.330 e. The van der Waals surface area contributed by atoms with Crippen molar-refractivity contribution >= 4 is 18.3 Å². The van der Waals surface area contributed by atoms with E-state index in [-0.39, 0.29) is 0 Å². The highest BCUT2D eigenvalue weighted by molar-refractivity contribution is 5.87. The summed E-state index contributed by atoms with van der Waals surface area (Å²) < 4.78 is 4.47. The largest absolute Gasteiger partial charge is 0.466 e. The Hall–Kier alpha value is -1.90. The van der Waals surface area contributed by atoms with Gasteiger partial charge in [-0.3, -0.25) is 4.79 Å². The molecule has 78 valence electrons. The van der Waals surface area contributed by atoms with Crippen LogP contribution in [0.25, 0.3) is 6.08 Å². The van der Waals surface area contributed by atoms with Crippen LogP contribution in [0.3, 0.4) is 0 Å². The van der Waals surface area contributed by atoms with Gasteiger partial charge in [0.05, 0.1) is 7.11 Å². The zero-order valence-corrected chi connectivity index (χ0v) is 8.69. The number of hydrogen-bond donors (Lipinski definition) is 0. The minimum absolute atomic E-state index is 0.395. The molecule has 0 unspecified atom stereocenters. The van der Waals surface area contributed by atoms with Gasteiger partial charge in [0.1, 0.15) is 6.29 Å². The molecule has 0 bridgehead atoms. The van der Waals surface area contributed by atoms with E-state index in [4.69, 9.17) is 0 Å². The quantitative estimate of drug-likeness (QED) is 0.429. The van der Waals surface area contributed by atoms with E-state index < -0.39 is 5.97 Å². The average Bonchev–Trinajstić information content (AvgIpc) is 2.26. The molecular formula is C12H12O3. The van der Waals surface area contributed by atoms with Gasteiger partial charge in [0, 0.05) is 11.6 Å². The normalized spacial score (nSPS) is 10.3. The fourth-order valence-electron chi connectivity index (χ4n) is 1.19. The molecule has 0 heterocycles. The van der Waals surface area contributed by atoms with E-state index in [1.165, 1.54) is 13.2 Å². The first-order valence-corrected chi connectivity index (χ1v) is 4.49. The molecule has 0 N–H and O–H groups in total. The minimum Gasteiger partial charge on any atom is -0.466 e. The summed E-state index contributed by atoms with van der Waals surface area (Å²) in [7, 11) is 1.33. The molecule has 0 saturated heterocycles. The lowest BCUT2D eigenvalue weighted by Gasteiger charge is -2.00. The maximum Gasteiger partial charge on any atom is 0.330 e. The van der Waals surface area contributed by atoms with Crippen molar-refractivity contribution in [3.63, 3.8) is 0 Å². The number of aryl methyl sites for hydroxylation is 1.